The Morgan fingerprint density at radius 1 is 1.31 bits per heavy atom. The molecule has 0 heterocycles. The lowest BCUT2D eigenvalue weighted by atomic mass is 9.94. The Hall–Kier alpha value is -0.610. The molecular weight excluding hydrogens is 206 g/mol. The summed E-state index contributed by atoms with van der Waals surface area (Å²) in [5.74, 6) is 0.214. The second kappa shape index (κ2) is 6.21. The summed E-state index contributed by atoms with van der Waals surface area (Å²) in [4.78, 5) is 12.1. The number of hydrogen-bond donors (Lipinski definition) is 1. The molecule has 0 spiro atoms. The second-order valence-corrected chi connectivity index (χ2v) is 4.13. The van der Waals surface area contributed by atoms with Crippen molar-refractivity contribution >= 4 is 5.97 Å². The molecule has 94 valence electrons. The normalized spacial score (nSPS) is 19.2. The van der Waals surface area contributed by atoms with E-state index in [2.05, 4.69) is 5.32 Å². The maximum absolute atomic E-state index is 12.1. The van der Waals surface area contributed by atoms with Crippen molar-refractivity contribution in [2.75, 3.05) is 26.4 Å². The third-order valence-corrected chi connectivity index (χ3v) is 2.94. The van der Waals surface area contributed by atoms with Crippen molar-refractivity contribution in [3.8, 4) is 0 Å². The second-order valence-electron chi connectivity index (χ2n) is 4.13. The Kier molecular flexibility index (Phi) is 5.22. The number of hydrogen-bond acceptors (Lipinski definition) is 4. The number of carbonyl (C=O) groups excluding carboxylic acids is 1. The van der Waals surface area contributed by atoms with Crippen LogP contribution in [0.2, 0.25) is 0 Å². The van der Waals surface area contributed by atoms with E-state index in [0.29, 0.717) is 25.7 Å². The molecule has 0 amide bonds. The molecule has 1 fully saturated rings. The highest BCUT2D eigenvalue weighted by Crippen LogP contribution is 2.40. The van der Waals surface area contributed by atoms with E-state index < -0.39 is 5.54 Å². The predicted molar refractivity (Wildman–Crippen MR) is 62.3 cm³/mol. The van der Waals surface area contributed by atoms with Gasteiger partial charge in [-0.05, 0) is 39.2 Å². The summed E-state index contributed by atoms with van der Waals surface area (Å²) in [6.45, 7) is 7.99. The van der Waals surface area contributed by atoms with Crippen LogP contribution in [0.4, 0.5) is 0 Å². The average molecular weight is 229 g/mol. The summed E-state index contributed by atoms with van der Waals surface area (Å²) in [5.41, 5.74) is -0.610. The number of carbonyl (C=O) groups is 1. The summed E-state index contributed by atoms with van der Waals surface area (Å²) in [6.07, 6.45) is 2.16. The van der Waals surface area contributed by atoms with Gasteiger partial charge in [0.25, 0.3) is 0 Å². The molecule has 0 aliphatic heterocycles. The standard InChI is InChI=1S/C12H23NO3/c1-4-13-12(9-15-5-2,10-7-8-10)11(14)16-6-3/h10,13H,4-9H2,1-3H3. The van der Waals surface area contributed by atoms with E-state index in [0.717, 1.165) is 19.4 Å². The summed E-state index contributed by atoms with van der Waals surface area (Å²) in [7, 11) is 0. The van der Waals surface area contributed by atoms with Gasteiger partial charge in [-0.15, -0.1) is 0 Å². The van der Waals surface area contributed by atoms with E-state index in [9.17, 15) is 4.79 Å². The first-order valence-corrected chi connectivity index (χ1v) is 6.21. The first kappa shape index (κ1) is 13.5. The quantitative estimate of drug-likeness (QED) is 0.638. The number of rotatable bonds is 8. The van der Waals surface area contributed by atoms with Gasteiger partial charge in [0, 0.05) is 6.61 Å². The van der Waals surface area contributed by atoms with Crippen LogP contribution >= 0.6 is 0 Å². The van der Waals surface area contributed by atoms with Crippen LogP contribution in [0.1, 0.15) is 33.6 Å². The summed E-state index contributed by atoms with van der Waals surface area (Å²) in [6, 6.07) is 0. The van der Waals surface area contributed by atoms with E-state index in [1.807, 2.05) is 20.8 Å². The van der Waals surface area contributed by atoms with Crippen LogP contribution in [0.25, 0.3) is 0 Å². The van der Waals surface area contributed by atoms with E-state index >= 15 is 0 Å². The largest absolute Gasteiger partial charge is 0.465 e. The van der Waals surface area contributed by atoms with E-state index in [-0.39, 0.29) is 5.97 Å². The Bertz CT molecular complexity index is 228. The van der Waals surface area contributed by atoms with E-state index in [1.165, 1.54) is 0 Å². The van der Waals surface area contributed by atoms with Crippen molar-refractivity contribution in [2.24, 2.45) is 5.92 Å². The van der Waals surface area contributed by atoms with Crippen molar-refractivity contribution in [3.63, 3.8) is 0 Å². The highest BCUT2D eigenvalue weighted by atomic mass is 16.5. The van der Waals surface area contributed by atoms with Gasteiger partial charge >= 0.3 is 5.97 Å². The lowest BCUT2D eigenvalue weighted by Gasteiger charge is -2.32. The lowest BCUT2D eigenvalue weighted by molar-refractivity contribution is -0.155. The van der Waals surface area contributed by atoms with Crippen LogP contribution < -0.4 is 5.32 Å². The summed E-state index contributed by atoms with van der Waals surface area (Å²) >= 11 is 0. The smallest absolute Gasteiger partial charge is 0.329 e. The molecule has 0 aromatic heterocycles. The first-order valence-electron chi connectivity index (χ1n) is 6.21. The zero-order chi connectivity index (χ0) is 12.0. The maximum Gasteiger partial charge on any atom is 0.329 e. The Morgan fingerprint density at radius 2 is 2.00 bits per heavy atom. The van der Waals surface area contributed by atoms with Gasteiger partial charge in [-0.1, -0.05) is 6.92 Å². The van der Waals surface area contributed by atoms with E-state index in [4.69, 9.17) is 9.47 Å². The summed E-state index contributed by atoms with van der Waals surface area (Å²) in [5, 5.41) is 3.28. The van der Waals surface area contributed by atoms with Crippen molar-refractivity contribution in [1.82, 2.24) is 5.32 Å². The van der Waals surface area contributed by atoms with Crippen LogP contribution in [0.15, 0.2) is 0 Å². The molecule has 0 aromatic carbocycles. The number of ether oxygens (including phenoxy) is 2. The molecule has 4 heteroatoms. The molecule has 0 radical (unpaired) electrons. The van der Waals surface area contributed by atoms with Crippen molar-refractivity contribution in [3.05, 3.63) is 0 Å². The predicted octanol–water partition coefficient (Wildman–Crippen LogP) is 1.34. The van der Waals surface area contributed by atoms with Crippen LogP contribution in [0.3, 0.4) is 0 Å². The third kappa shape index (κ3) is 2.95. The van der Waals surface area contributed by atoms with Gasteiger partial charge in [0.1, 0.15) is 5.54 Å². The molecular formula is C12H23NO3. The molecule has 0 aromatic rings. The SMILES string of the molecule is CCNC(COCC)(C(=O)OCC)C1CC1. The molecule has 0 bridgehead atoms. The third-order valence-electron chi connectivity index (χ3n) is 2.94. The van der Waals surface area contributed by atoms with Gasteiger partial charge in [0.2, 0.25) is 0 Å². The fraction of sp³-hybridized carbons (Fsp3) is 0.917. The van der Waals surface area contributed by atoms with Crippen LogP contribution in [0.5, 0.6) is 0 Å². The highest BCUT2D eigenvalue weighted by Gasteiger charge is 2.51. The topological polar surface area (TPSA) is 47.6 Å². The molecule has 1 N–H and O–H groups in total. The molecule has 1 saturated carbocycles. The molecule has 0 saturated heterocycles. The first-order chi connectivity index (χ1) is 7.71. The maximum atomic E-state index is 12.1. The Morgan fingerprint density at radius 3 is 2.44 bits per heavy atom. The minimum Gasteiger partial charge on any atom is -0.465 e. The minimum atomic E-state index is -0.610. The molecule has 1 rings (SSSR count). The molecule has 1 atom stereocenters. The van der Waals surface area contributed by atoms with Crippen molar-refractivity contribution in [2.45, 2.75) is 39.2 Å². The minimum absolute atomic E-state index is 0.159. The van der Waals surface area contributed by atoms with Gasteiger partial charge in [-0.25, -0.2) is 4.79 Å². The fourth-order valence-corrected chi connectivity index (χ4v) is 2.03. The highest BCUT2D eigenvalue weighted by molar-refractivity contribution is 5.82. The average Bonchev–Trinajstić information content (AvgIpc) is 3.08. The fourth-order valence-electron chi connectivity index (χ4n) is 2.03. The van der Waals surface area contributed by atoms with Gasteiger partial charge in [0.05, 0.1) is 13.2 Å². The number of esters is 1. The van der Waals surface area contributed by atoms with Gasteiger partial charge in [-0.2, -0.15) is 0 Å². The molecule has 1 unspecified atom stereocenters. The zero-order valence-corrected chi connectivity index (χ0v) is 10.5. The van der Waals surface area contributed by atoms with Gasteiger partial charge in [-0.3, -0.25) is 5.32 Å². The van der Waals surface area contributed by atoms with Crippen LogP contribution in [0, 0.1) is 5.92 Å². The monoisotopic (exact) mass is 229 g/mol. The molecule has 16 heavy (non-hydrogen) atoms. The Balaban J connectivity index is 2.73. The Labute approximate surface area is 97.7 Å². The lowest BCUT2D eigenvalue weighted by Crippen LogP contribution is -2.58. The van der Waals surface area contributed by atoms with Gasteiger partial charge in [0.15, 0.2) is 0 Å². The molecule has 4 nitrogen and oxygen atoms in total. The zero-order valence-electron chi connectivity index (χ0n) is 10.5. The summed E-state index contributed by atoms with van der Waals surface area (Å²) < 4.78 is 10.6. The molecule has 1 aliphatic rings. The van der Waals surface area contributed by atoms with Crippen molar-refractivity contribution < 1.29 is 14.3 Å². The van der Waals surface area contributed by atoms with E-state index in [1.54, 1.807) is 0 Å². The van der Waals surface area contributed by atoms with Crippen molar-refractivity contribution in [1.29, 1.82) is 0 Å². The number of likely N-dealkylation sites (N-methyl/N-ethyl adjacent to an activating group) is 1. The van der Waals surface area contributed by atoms with Crippen LogP contribution in [-0.2, 0) is 14.3 Å². The molecule has 1 aliphatic carbocycles. The van der Waals surface area contributed by atoms with Gasteiger partial charge < -0.3 is 9.47 Å². The van der Waals surface area contributed by atoms with Crippen LogP contribution in [-0.4, -0.2) is 37.9 Å². The number of nitrogens with one attached hydrogen (secondary N) is 1.